The quantitative estimate of drug-likeness (QED) is 0.736. The second-order valence-electron chi connectivity index (χ2n) is 4.44. The number of hydrogen-bond acceptors (Lipinski definition) is 2. The molecule has 2 nitrogen and oxygen atoms in total. The van der Waals surface area contributed by atoms with Crippen molar-refractivity contribution in [3.8, 4) is 0 Å². The van der Waals surface area contributed by atoms with Crippen molar-refractivity contribution in [1.29, 1.82) is 0 Å². The van der Waals surface area contributed by atoms with E-state index >= 15 is 0 Å². The van der Waals surface area contributed by atoms with E-state index in [1.807, 2.05) is 0 Å². The van der Waals surface area contributed by atoms with Crippen LogP contribution in [0, 0.1) is 11.6 Å². The average molecular weight is 222 g/mol. The minimum atomic E-state index is 0.573. The van der Waals surface area contributed by atoms with E-state index in [0.717, 1.165) is 4.64 Å². The fraction of sp³-hybridized carbons (Fsp3) is 0.583. The first-order valence-corrected chi connectivity index (χ1v) is 5.99. The molecule has 0 bridgehead atoms. The standard InChI is InChI=1S/C12H18N2S/c1-9-7-10(8-13-12(9)15)11-5-3-4-6-14(11)2/h7-8,11H,3-6H2,1-2H3,(H,13,15). The van der Waals surface area contributed by atoms with Gasteiger partial charge in [-0.3, -0.25) is 4.90 Å². The van der Waals surface area contributed by atoms with Gasteiger partial charge in [-0.2, -0.15) is 0 Å². The van der Waals surface area contributed by atoms with Crippen LogP contribution in [-0.4, -0.2) is 23.5 Å². The number of likely N-dealkylation sites (tertiary alicyclic amines) is 1. The lowest BCUT2D eigenvalue weighted by molar-refractivity contribution is 0.187. The molecule has 0 saturated carbocycles. The normalized spacial score (nSPS) is 22.9. The van der Waals surface area contributed by atoms with Gasteiger partial charge in [-0.15, -0.1) is 0 Å². The third-order valence-electron chi connectivity index (χ3n) is 3.27. The predicted octanol–water partition coefficient (Wildman–Crippen LogP) is 3.21. The van der Waals surface area contributed by atoms with Gasteiger partial charge in [0, 0.05) is 12.2 Å². The molecular weight excluding hydrogens is 204 g/mol. The van der Waals surface area contributed by atoms with Crippen LogP contribution in [0.2, 0.25) is 0 Å². The Morgan fingerprint density at radius 1 is 1.47 bits per heavy atom. The van der Waals surface area contributed by atoms with Gasteiger partial charge in [-0.25, -0.2) is 0 Å². The first-order valence-electron chi connectivity index (χ1n) is 5.58. The van der Waals surface area contributed by atoms with Crippen molar-refractivity contribution in [2.24, 2.45) is 0 Å². The van der Waals surface area contributed by atoms with Crippen LogP contribution in [0.4, 0.5) is 0 Å². The number of pyridine rings is 1. The van der Waals surface area contributed by atoms with Gasteiger partial charge in [-0.1, -0.05) is 24.7 Å². The van der Waals surface area contributed by atoms with Gasteiger partial charge in [0.15, 0.2) is 0 Å². The Kier molecular flexibility index (Phi) is 3.22. The summed E-state index contributed by atoms with van der Waals surface area (Å²) < 4.78 is 0.859. The lowest BCUT2D eigenvalue weighted by Gasteiger charge is -2.32. The zero-order valence-corrected chi connectivity index (χ0v) is 10.2. The number of nitrogens with zero attached hydrogens (tertiary/aromatic N) is 1. The average Bonchev–Trinajstić information content (AvgIpc) is 2.23. The van der Waals surface area contributed by atoms with E-state index < -0.39 is 0 Å². The highest BCUT2D eigenvalue weighted by molar-refractivity contribution is 7.71. The summed E-state index contributed by atoms with van der Waals surface area (Å²) in [6.07, 6.45) is 6.00. The summed E-state index contributed by atoms with van der Waals surface area (Å²) in [5, 5.41) is 0. The number of aromatic nitrogens is 1. The van der Waals surface area contributed by atoms with Crippen LogP contribution in [0.1, 0.15) is 36.4 Å². The van der Waals surface area contributed by atoms with Crippen molar-refractivity contribution in [2.45, 2.75) is 32.2 Å². The SMILES string of the molecule is Cc1cc(C2CCCCN2C)c[nH]c1=S. The molecule has 3 heteroatoms. The number of rotatable bonds is 1. The molecule has 1 saturated heterocycles. The smallest absolute Gasteiger partial charge is 0.106 e. The minimum absolute atomic E-state index is 0.573. The molecule has 1 fully saturated rings. The van der Waals surface area contributed by atoms with Crippen molar-refractivity contribution in [1.82, 2.24) is 9.88 Å². The van der Waals surface area contributed by atoms with E-state index in [0.29, 0.717) is 6.04 Å². The van der Waals surface area contributed by atoms with Crippen LogP contribution >= 0.6 is 12.2 Å². The number of nitrogens with one attached hydrogen (secondary N) is 1. The van der Waals surface area contributed by atoms with Crippen LogP contribution in [0.5, 0.6) is 0 Å². The fourth-order valence-electron chi connectivity index (χ4n) is 2.31. The Hall–Kier alpha value is -0.670. The Morgan fingerprint density at radius 2 is 2.27 bits per heavy atom. The van der Waals surface area contributed by atoms with Crippen LogP contribution in [-0.2, 0) is 0 Å². The Bertz CT molecular complexity index is 397. The third-order valence-corrected chi connectivity index (χ3v) is 3.71. The Balaban J connectivity index is 2.28. The van der Waals surface area contributed by atoms with Gasteiger partial charge in [0.05, 0.1) is 0 Å². The summed E-state index contributed by atoms with van der Waals surface area (Å²) in [5.74, 6) is 0. The van der Waals surface area contributed by atoms with Crippen LogP contribution in [0.3, 0.4) is 0 Å². The molecule has 0 aromatic carbocycles. The monoisotopic (exact) mass is 222 g/mol. The molecule has 1 aliphatic rings. The summed E-state index contributed by atoms with van der Waals surface area (Å²) in [4.78, 5) is 5.61. The van der Waals surface area contributed by atoms with E-state index in [-0.39, 0.29) is 0 Å². The third kappa shape index (κ3) is 2.29. The Morgan fingerprint density at radius 3 is 2.93 bits per heavy atom. The van der Waals surface area contributed by atoms with Crippen molar-refractivity contribution >= 4 is 12.2 Å². The van der Waals surface area contributed by atoms with Crippen molar-refractivity contribution in [2.75, 3.05) is 13.6 Å². The predicted molar refractivity (Wildman–Crippen MR) is 65.6 cm³/mol. The summed E-state index contributed by atoms with van der Waals surface area (Å²) in [5.41, 5.74) is 2.56. The van der Waals surface area contributed by atoms with Crippen molar-refractivity contribution < 1.29 is 0 Å². The van der Waals surface area contributed by atoms with Gasteiger partial charge >= 0.3 is 0 Å². The molecular formula is C12H18N2S. The summed E-state index contributed by atoms with van der Waals surface area (Å²) in [7, 11) is 2.21. The molecule has 2 rings (SSSR count). The summed E-state index contributed by atoms with van der Waals surface area (Å²) in [6.45, 7) is 3.28. The highest BCUT2D eigenvalue weighted by atomic mass is 32.1. The van der Waals surface area contributed by atoms with Crippen molar-refractivity contribution in [3.05, 3.63) is 28.0 Å². The highest BCUT2D eigenvalue weighted by Crippen LogP contribution is 2.29. The molecule has 0 amide bonds. The maximum Gasteiger partial charge on any atom is 0.106 e. The van der Waals surface area contributed by atoms with Crippen molar-refractivity contribution in [3.63, 3.8) is 0 Å². The first-order chi connectivity index (χ1) is 7.18. The highest BCUT2D eigenvalue weighted by Gasteiger charge is 2.20. The summed E-state index contributed by atoms with van der Waals surface area (Å²) >= 11 is 5.17. The largest absolute Gasteiger partial charge is 0.352 e. The molecule has 82 valence electrons. The van der Waals surface area contributed by atoms with Gasteiger partial charge < -0.3 is 4.98 Å². The summed E-state index contributed by atoms with van der Waals surface area (Å²) in [6, 6.07) is 2.80. The zero-order chi connectivity index (χ0) is 10.8. The maximum absolute atomic E-state index is 5.17. The molecule has 1 aliphatic heterocycles. The number of piperidine rings is 1. The number of hydrogen-bond donors (Lipinski definition) is 1. The van der Waals surface area contributed by atoms with Gasteiger partial charge in [-0.05, 0) is 44.5 Å². The molecule has 0 spiro atoms. The van der Waals surface area contributed by atoms with Gasteiger partial charge in [0.25, 0.3) is 0 Å². The number of H-pyrrole nitrogens is 1. The zero-order valence-electron chi connectivity index (χ0n) is 9.42. The van der Waals surface area contributed by atoms with E-state index in [2.05, 4.69) is 36.1 Å². The van der Waals surface area contributed by atoms with E-state index in [4.69, 9.17) is 12.2 Å². The molecule has 0 radical (unpaired) electrons. The molecule has 1 unspecified atom stereocenters. The van der Waals surface area contributed by atoms with Crippen LogP contribution < -0.4 is 0 Å². The number of aryl methyl sites for hydroxylation is 1. The van der Waals surface area contributed by atoms with Gasteiger partial charge in [0.1, 0.15) is 4.64 Å². The van der Waals surface area contributed by atoms with Gasteiger partial charge in [0.2, 0.25) is 0 Å². The molecule has 0 aliphatic carbocycles. The molecule has 2 heterocycles. The first kappa shape index (κ1) is 10.8. The van der Waals surface area contributed by atoms with Crippen LogP contribution in [0.15, 0.2) is 12.3 Å². The van der Waals surface area contributed by atoms with E-state index in [9.17, 15) is 0 Å². The second kappa shape index (κ2) is 4.45. The topological polar surface area (TPSA) is 19.0 Å². The molecule has 1 aromatic rings. The van der Waals surface area contributed by atoms with E-state index in [1.54, 1.807) is 0 Å². The fourth-order valence-corrected chi connectivity index (χ4v) is 2.43. The molecule has 1 aromatic heterocycles. The molecule has 15 heavy (non-hydrogen) atoms. The lowest BCUT2D eigenvalue weighted by atomic mass is 9.96. The molecule has 1 N–H and O–H groups in total. The number of aromatic amines is 1. The van der Waals surface area contributed by atoms with Crippen LogP contribution in [0.25, 0.3) is 0 Å². The maximum atomic E-state index is 5.17. The second-order valence-corrected chi connectivity index (χ2v) is 4.85. The Labute approximate surface area is 96.3 Å². The minimum Gasteiger partial charge on any atom is -0.352 e. The van der Waals surface area contributed by atoms with E-state index in [1.165, 1.54) is 36.9 Å². The lowest BCUT2D eigenvalue weighted by Crippen LogP contribution is -2.29. The molecule has 1 atom stereocenters.